The molecular weight excluding hydrogens is 362 g/mol. The molecule has 1 aromatic carbocycles. The number of rotatable bonds is 7. The second-order valence-electron chi connectivity index (χ2n) is 6.43. The second kappa shape index (κ2) is 8.35. The van der Waals surface area contributed by atoms with Crippen LogP contribution in [0.3, 0.4) is 0 Å². The number of benzene rings is 1. The van der Waals surface area contributed by atoms with E-state index in [0.29, 0.717) is 22.1 Å². The summed E-state index contributed by atoms with van der Waals surface area (Å²) in [5.74, 6) is 0.529. The van der Waals surface area contributed by atoms with Crippen LogP contribution in [0.15, 0.2) is 40.6 Å². The van der Waals surface area contributed by atoms with Crippen LogP contribution >= 0.6 is 11.3 Å². The molecule has 0 aliphatic rings. The van der Waals surface area contributed by atoms with E-state index >= 15 is 0 Å². The predicted octanol–water partition coefficient (Wildman–Crippen LogP) is 4.02. The molecule has 3 rings (SSSR count). The average molecular weight is 385 g/mol. The summed E-state index contributed by atoms with van der Waals surface area (Å²) < 4.78 is 7.39. The smallest absolute Gasteiger partial charge is 0.258 e. The van der Waals surface area contributed by atoms with E-state index in [9.17, 15) is 9.59 Å². The monoisotopic (exact) mass is 385 g/mol. The highest BCUT2D eigenvalue weighted by Gasteiger charge is 2.16. The summed E-state index contributed by atoms with van der Waals surface area (Å²) in [7, 11) is 0. The molecule has 1 amide bonds. The largest absolute Gasteiger partial charge is 0.485 e. The normalized spacial score (nSPS) is 11.1. The van der Waals surface area contributed by atoms with Crippen LogP contribution in [-0.4, -0.2) is 15.3 Å². The molecule has 6 nitrogen and oxygen atoms in total. The third-order valence-electron chi connectivity index (χ3n) is 4.48. The molecule has 0 fully saturated rings. The Morgan fingerprint density at radius 3 is 2.81 bits per heavy atom. The number of hydrogen-bond donors (Lipinski definition) is 1. The summed E-state index contributed by atoms with van der Waals surface area (Å²) in [6.07, 6.45) is 3.28. The van der Waals surface area contributed by atoms with E-state index in [-0.39, 0.29) is 24.0 Å². The number of carbonyl (C=O) groups is 1. The van der Waals surface area contributed by atoms with Crippen LogP contribution < -0.4 is 15.6 Å². The third kappa shape index (κ3) is 4.36. The zero-order valence-electron chi connectivity index (χ0n) is 15.7. The van der Waals surface area contributed by atoms with Gasteiger partial charge in [-0.25, -0.2) is 4.98 Å². The summed E-state index contributed by atoms with van der Waals surface area (Å²) in [4.78, 5) is 29.6. The fourth-order valence-corrected chi connectivity index (χ4v) is 3.61. The molecule has 0 spiro atoms. The fraction of sp³-hybridized carbons (Fsp3) is 0.350. The summed E-state index contributed by atoms with van der Waals surface area (Å²) in [5.41, 5.74) is 2.09. The number of ether oxygens (including phenoxy) is 1. The first-order valence-corrected chi connectivity index (χ1v) is 9.89. The van der Waals surface area contributed by atoms with Crippen LogP contribution in [0.25, 0.3) is 4.96 Å². The highest BCUT2D eigenvalue weighted by Crippen LogP contribution is 2.27. The second-order valence-corrected chi connectivity index (χ2v) is 7.31. The fourth-order valence-electron chi connectivity index (χ4n) is 2.88. The maximum Gasteiger partial charge on any atom is 0.258 e. The van der Waals surface area contributed by atoms with Gasteiger partial charge in [-0.1, -0.05) is 19.9 Å². The first kappa shape index (κ1) is 19.1. The van der Waals surface area contributed by atoms with Gasteiger partial charge in [0.05, 0.1) is 11.4 Å². The Bertz CT molecular complexity index is 1010. The Morgan fingerprint density at radius 1 is 1.30 bits per heavy atom. The van der Waals surface area contributed by atoms with Gasteiger partial charge < -0.3 is 10.1 Å². The first-order valence-electron chi connectivity index (χ1n) is 9.02. The molecule has 0 aliphatic carbocycles. The van der Waals surface area contributed by atoms with Crippen molar-refractivity contribution >= 4 is 27.9 Å². The number of anilines is 1. The van der Waals surface area contributed by atoms with Gasteiger partial charge in [-0.05, 0) is 37.5 Å². The molecule has 1 N–H and O–H groups in total. The zero-order chi connectivity index (χ0) is 19.4. The van der Waals surface area contributed by atoms with Gasteiger partial charge in [-0.3, -0.25) is 14.0 Å². The van der Waals surface area contributed by atoms with Crippen LogP contribution in [0.5, 0.6) is 5.75 Å². The van der Waals surface area contributed by atoms with Gasteiger partial charge in [0, 0.05) is 23.6 Å². The molecule has 0 saturated heterocycles. The standard InChI is InChI=1S/C20H23N3O3S/c1-4-14(5-2)19(25)22-16-10-13(3)6-7-17(16)26-12-15-11-18(24)23-8-9-27-20(23)21-15/h6-11,14H,4-5,12H2,1-3H3,(H,22,25). The van der Waals surface area contributed by atoms with Gasteiger partial charge in [0.15, 0.2) is 4.96 Å². The molecule has 0 unspecified atom stereocenters. The van der Waals surface area contributed by atoms with Crippen molar-refractivity contribution < 1.29 is 9.53 Å². The van der Waals surface area contributed by atoms with E-state index in [1.807, 2.05) is 44.4 Å². The van der Waals surface area contributed by atoms with Crippen LogP contribution in [0, 0.1) is 12.8 Å². The summed E-state index contributed by atoms with van der Waals surface area (Å²) >= 11 is 1.40. The molecule has 27 heavy (non-hydrogen) atoms. The molecule has 0 bridgehead atoms. The molecule has 7 heteroatoms. The number of thiazole rings is 1. The zero-order valence-corrected chi connectivity index (χ0v) is 16.5. The number of carbonyl (C=O) groups excluding carboxylic acids is 1. The van der Waals surface area contributed by atoms with Crippen LogP contribution in [0.1, 0.15) is 37.9 Å². The topological polar surface area (TPSA) is 72.7 Å². The maximum absolute atomic E-state index is 12.5. The van der Waals surface area contributed by atoms with E-state index in [0.717, 1.165) is 18.4 Å². The summed E-state index contributed by atoms with van der Waals surface area (Å²) in [5, 5.41) is 4.80. The van der Waals surface area contributed by atoms with Gasteiger partial charge in [0.1, 0.15) is 12.4 Å². The van der Waals surface area contributed by atoms with Crippen LogP contribution in [0.4, 0.5) is 5.69 Å². The number of nitrogens with zero attached hydrogens (tertiary/aromatic N) is 2. The number of fused-ring (bicyclic) bond motifs is 1. The lowest BCUT2D eigenvalue weighted by molar-refractivity contribution is -0.120. The number of hydrogen-bond acceptors (Lipinski definition) is 5. The van der Waals surface area contributed by atoms with Crippen LogP contribution in [0.2, 0.25) is 0 Å². The molecular formula is C20H23N3O3S. The van der Waals surface area contributed by atoms with E-state index < -0.39 is 0 Å². The lowest BCUT2D eigenvalue weighted by atomic mass is 10.0. The molecule has 0 aliphatic heterocycles. The van der Waals surface area contributed by atoms with Gasteiger partial charge in [0.2, 0.25) is 5.91 Å². The van der Waals surface area contributed by atoms with Gasteiger partial charge in [0.25, 0.3) is 5.56 Å². The number of aryl methyl sites for hydroxylation is 1. The van der Waals surface area contributed by atoms with E-state index in [2.05, 4.69) is 10.3 Å². The molecule has 3 aromatic rings. The predicted molar refractivity (Wildman–Crippen MR) is 108 cm³/mol. The highest BCUT2D eigenvalue weighted by atomic mass is 32.1. The van der Waals surface area contributed by atoms with Crippen LogP contribution in [-0.2, 0) is 11.4 Å². The SMILES string of the molecule is CCC(CC)C(=O)Nc1cc(C)ccc1OCc1cc(=O)n2ccsc2n1. The van der Waals surface area contributed by atoms with Crippen molar-refractivity contribution in [2.24, 2.45) is 5.92 Å². The Labute approximate surface area is 161 Å². The molecule has 0 atom stereocenters. The summed E-state index contributed by atoms with van der Waals surface area (Å²) in [6, 6.07) is 7.11. The Morgan fingerprint density at radius 2 is 2.07 bits per heavy atom. The van der Waals surface area contributed by atoms with E-state index in [1.165, 1.54) is 21.8 Å². The summed E-state index contributed by atoms with van der Waals surface area (Å²) in [6.45, 7) is 6.13. The number of nitrogens with one attached hydrogen (secondary N) is 1. The van der Waals surface area contributed by atoms with Crippen molar-refractivity contribution in [1.82, 2.24) is 9.38 Å². The first-order chi connectivity index (χ1) is 13.0. The van der Waals surface area contributed by atoms with Crippen molar-refractivity contribution in [1.29, 1.82) is 0 Å². The van der Waals surface area contributed by atoms with Gasteiger partial charge in [-0.15, -0.1) is 11.3 Å². The van der Waals surface area contributed by atoms with Gasteiger partial charge >= 0.3 is 0 Å². The Kier molecular flexibility index (Phi) is 5.91. The molecule has 2 heterocycles. The number of amides is 1. The van der Waals surface area contributed by atoms with E-state index in [1.54, 1.807) is 6.20 Å². The highest BCUT2D eigenvalue weighted by molar-refractivity contribution is 7.15. The lowest BCUT2D eigenvalue weighted by Gasteiger charge is -2.16. The van der Waals surface area contributed by atoms with Crippen molar-refractivity contribution in [3.63, 3.8) is 0 Å². The van der Waals surface area contributed by atoms with E-state index in [4.69, 9.17) is 4.74 Å². The van der Waals surface area contributed by atoms with Crippen molar-refractivity contribution in [3.05, 3.63) is 57.5 Å². The van der Waals surface area contributed by atoms with Gasteiger partial charge in [-0.2, -0.15) is 0 Å². The maximum atomic E-state index is 12.5. The Balaban J connectivity index is 1.79. The minimum Gasteiger partial charge on any atom is -0.485 e. The number of aromatic nitrogens is 2. The molecule has 142 valence electrons. The minimum absolute atomic E-state index is 0.00757. The van der Waals surface area contributed by atoms with Crippen molar-refractivity contribution in [3.8, 4) is 5.75 Å². The lowest BCUT2D eigenvalue weighted by Crippen LogP contribution is -2.22. The third-order valence-corrected chi connectivity index (χ3v) is 5.24. The van der Waals surface area contributed by atoms with Crippen molar-refractivity contribution in [2.45, 2.75) is 40.2 Å². The minimum atomic E-state index is -0.133. The molecule has 0 saturated carbocycles. The van der Waals surface area contributed by atoms with Crippen molar-refractivity contribution in [2.75, 3.05) is 5.32 Å². The quantitative estimate of drug-likeness (QED) is 0.667. The molecule has 2 aromatic heterocycles. The Hall–Kier alpha value is -2.67. The average Bonchev–Trinajstić information content (AvgIpc) is 3.11. The molecule has 0 radical (unpaired) electrons.